The summed E-state index contributed by atoms with van der Waals surface area (Å²) in [7, 11) is 0. The number of halogens is 1. The molecule has 0 radical (unpaired) electrons. The van der Waals surface area contributed by atoms with Gasteiger partial charge in [-0.3, -0.25) is 0 Å². The first kappa shape index (κ1) is 16.3. The van der Waals surface area contributed by atoms with E-state index in [1.165, 1.54) is 11.1 Å². The van der Waals surface area contributed by atoms with Crippen LogP contribution in [0.3, 0.4) is 0 Å². The third-order valence-electron chi connectivity index (χ3n) is 3.48. The van der Waals surface area contributed by atoms with Gasteiger partial charge in [0.1, 0.15) is 0 Å². The molecule has 0 bridgehead atoms. The monoisotopic (exact) mass is 345 g/mol. The molecule has 2 aromatic rings. The van der Waals surface area contributed by atoms with Crippen molar-refractivity contribution in [2.45, 2.75) is 39.8 Å². The molecule has 2 aromatic carbocycles. The Hall–Kier alpha value is -1.12. The van der Waals surface area contributed by atoms with Gasteiger partial charge in [0.15, 0.2) is 0 Å². The van der Waals surface area contributed by atoms with Crippen molar-refractivity contribution in [2.24, 2.45) is 5.41 Å². The maximum Gasteiger partial charge on any atom is 0.0328 e. The van der Waals surface area contributed by atoms with Crippen LogP contribution in [-0.4, -0.2) is 0 Å². The van der Waals surface area contributed by atoms with Crippen molar-refractivity contribution < 1.29 is 0 Å². The van der Waals surface area contributed by atoms with E-state index in [0.29, 0.717) is 11.5 Å². The number of hydrogen-bond acceptors (Lipinski definition) is 1. The van der Waals surface area contributed by atoms with Crippen LogP contribution in [-0.2, 0) is 6.54 Å². The zero-order chi connectivity index (χ0) is 15.3. The van der Waals surface area contributed by atoms with Crippen molar-refractivity contribution >= 4 is 15.9 Å². The molecule has 0 spiro atoms. The normalized spacial score (nSPS) is 13.1. The third kappa shape index (κ3) is 5.64. The van der Waals surface area contributed by atoms with Gasteiger partial charge in [-0.2, -0.15) is 0 Å². The summed E-state index contributed by atoms with van der Waals surface area (Å²) < 4.78 is 1.13. The first-order valence-corrected chi connectivity index (χ1v) is 8.26. The lowest BCUT2D eigenvalue weighted by Crippen LogP contribution is -2.25. The fraction of sp³-hybridized carbons (Fsp3) is 0.368. The van der Waals surface area contributed by atoms with Crippen LogP contribution in [0.5, 0.6) is 0 Å². The highest BCUT2D eigenvalue weighted by Crippen LogP contribution is 2.29. The molecule has 0 saturated carbocycles. The van der Waals surface area contributed by atoms with Gasteiger partial charge in [-0.05, 0) is 35.1 Å². The second kappa shape index (κ2) is 7.24. The maximum absolute atomic E-state index is 3.71. The minimum atomic E-state index is 0.299. The van der Waals surface area contributed by atoms with E-state index in [4.69, 9.17) is 0 Å². The van der Waals surface area contributed by atoms with Crippen LogP contribution in [0.25, 0.3) is 0 Å². The molecule has 1 atom stereocenters. The topological polar surface area (TPSA) is 12.0 Å². The summed E-state index contributed by atoms with van der Waals surface area (Å²) in [5, 5.41) is 3.71. The zero-order valence-electron chi connectivity index (χ0n) is 13.1. The van der Waals surface area contributed by atoms with E-state index >= 15 is 0 Å². The average Bonchev–Trinajstić information content (AvgIpc) is 2.45. The molecule has 2 heteroatoms. The van der Waals surface area contributed by atoms with Gasteiger partial charge in [0.05, 0.1) is 0 Å². The molecule has 1 nitrogen and oxygen atoms in total. The van der Waals surface area contributed by atoms with Gasteiger partial charge in [-0.1, -0.05) is 79.2 Å². The van der Waals surface area contributed by atoms with Crippen molar-refractivity contribution in [3.8, 4) is 0 Å². The highest BCUT2D eigenvalue weighted by Gasteiger charge is 2.19. The smallest absolute Gasteiger partial charge is 0.0328 e. The van der Waals surface area contributed by atoms with Crippen molar-refractivity contribution in [2.75, 3.05) is 0 Å². The summed E-state index contributed by atoms with van der Waals surface area (Å²) >= 11 is 3.48. The fourth-order valence-electron chi connectivity index (χ4n) is 2.45. The summed E-state index contributed by atoms with van der Waals surface area (Å²) in [4.78, 5) is 0. The van der Waals surface area contributed by atoms with Crippen LogP contribution in [0.2, 0.25) is 0 Å². The first-order valence-electron chi connectivity index (χ1n) is 7.47. The van der Waals surface area contributed by atoms with Crippen molar-refractivity contribution in [1.29, 1.82) is 0 Å². The van der Waals surface area contributed by atoms with Crippen LogP contribution in [0.15, 0.2) is 59.1 Å². The van der Waals surface area contributed by atoms with Crippen LogP contribution in [0, 0.1) is 5.41 Å². The van der Waals surface area contributed by atoms with Crippen LogP contribution < -0.4 is 5.32 Å². The molecule has 1 N–H and O–H groups in total. The van der Waals surface area contributed by atoms with E-state index in [9.17, 15) is 0 Å². The molecule has 0 fully saturated rings. The summed E-state index contributed by atoms with van der Waals surface area (Å²) in [6.07, 6.45) is 1.12. The molecule has 0 amide bonds. The van der Waals surface area contributed by atoms with E-state index in [2.05, 4.69) is 96.6 Å². The lowest BCUT2D eigenvalue weighted by atomic mass is 9.85. The van der Waals surface area contributed by atoms with E-state index < -0.39 is 0 Å². The summed E-state index contributed by atoms with van der Waals surface area (Å²) in [6, 6.07) is 19.6. The van der Waals surface area contributed by atoms with Crippen molar-refractivity contribution in [1.82, 2.24) is 5.32 Å². The molecule has 0 saturated heterocycles. The Morgan fingerprint density at radius 1 is 0.952 bits per heavy atom. The molecule has 0 aromatic heterocycles. The SMILES string of the molecule is CC(C)(C)CC(NCc1ccc(Br)cc1)c1ccccc1. The molecule has 0 aliphatic heterocycles. The van der Waals surface area contributed by atoms with Crippen molar-refractivity contribution in [3.05, 3.63) is 70.2 Å². The molecule has 2 rings (SSSR count). The van der Waals surface area contributed by atoms with Gasteiger partial charge in [0.2, 0.25) is 0 Å². The summed E-state index contributed by atoms with van der Waals surface area (Å²) in [5.74, 6) is 0. The largest absolute Gasteiger partial charge is 0.306 e. The molecule has 0 aliphatic carbocycles. The van der Waals surface area contributed by atoms with E-state index in [1.807, 2.05) is 0 Å². The maximum atomic E-state index is 3.71. The Labute approximate surface area is 136 Å². The fourth-order valence-corrected chi connectivity index (χ4v) is 2.71. The number of benzene rings is 2. The highest BCUT2D eigenvalue weighted by atomic mass is 79.9. The number of nitrogens with one attached hydrogen (secondary N) is 1. The molecule has 0 aliphatic rings. The average molecular weight is 346 g/mol. The predicted molar refractivity (Wildman–Crippen MR) is 94.2 cm³/mol. The van der Waals surface area contributed by atoms with Gasteiger partial charge in [-0.25, -0.2) is 0 Å². The van der Waals surface area contributed by atoms with E-state index in [-0.39, 0.29) is 0 Å². The lowest BCUT2D eigenvalue weighted by Gasteiger charge is -2.27. The van der Waals surface area contributed by atoms with Crippen LogP contribution in [0.1, 0.15) is 44.4 Å². The van der Waals surface area contributed by atoms with Gasteiger partial charge in [0.25, 0.3) is 0 Å². The summed E-state index contributed by atoms with van der Waals surface area (Å²) in [6.45, 7) is 7.78. The minimum Gasteiger partial charge on any atom is -0.306 e. The Kier molecular flexibility index (Phi) is 5.60. The first-order chi connectivity index (χ1) is 9.94. The van der Waals surface area contributed by atoms with E-state index in [1.54, 1.807) is 0 Å². The molecule has 112 valence electrons. The third-order valence-corrected chi connectivity index (χ3v) is 4.01. The van der Waals surface area contributed by atoms with Gasteiger partial charge in [0, 0.05) is 17.1 Å². The predicted octanol–water partition coefficient (Wildman–Crippen LogP) is 5.72. The van der Waals surface area contributed by atoms with Gasteiger partial charge >= 0.3 is 0 Å². The van der Waals surface area contributed by atoms with Crippen LogP contribution in [0.4, 0.5) is 0 Å². The Morgan fingerprint density at radius 3 is 2.14 bits per heavy atom. The minimum absolute atomic E-state index is 0.299. The number of hydrogen-bond donors (Lipinski definition) is 1. The lowest BCUT2D eigenvalue weighted by molar-refractivity contribution is 0.310. The molecule has 21 heavy (non-hydrogen) atoms. The Bertz CT molecular complexity index is 540. The Morgan fingerprint density at radius 2 is 1.57 bits per heavy atom. The quantitative estimate of drug-likeness (QED) is 0.730. The molecular formula is C19H24BrN. The number of rotatable bonds is 5. The zero-order valence-corrected chi connectivity index (χ0v) is 14.7. The molecule has 1 unspecified atom stereocenters. The summed E-state index contributed by atoms with van der Waals surface area (Å²) in [5.41, 5.74) is 2.98. The second-order valence-electron chi connectivity index (χ2n) is 6.74. The van der Waals surface area contributed by atoms with Crippen molar-refractivity contribution in [3.63, 3.8) is 0 Å². The van der Waals surface area contributed by atoms with Crippen LogP contribution >= 0.6 is 15.9 Å². The highest BCUT2D eigenvalue weighted by molar-refractivity contribution is 9.10. The molecule has 0 heterocycles. The second-order valence-corrected chi connectivity index (χ2v) is 7.65. The Balaban J connectivity index is 2.07. The van der Waals surface area contributed by atoms with E-state index in [0.717, 1.165) is 17.4 Å². The molecular weight excluding hydrogens is 322 g/mol. The van der Waals surface area contributed by atoms with Gasteiger partial charge < -0.3 is 5.32 Å². The standard InChI is InChI=1S/C19H24BrN/c1-19(2,3)13-18(16-7-5-4-6-8-16)21-14-15-9-11-17(20)12-10-15/h4-12,18,21H,13-14H2,1-3H3. The van der Waals surface area contributed by atoms with Gasteiger partial charge in [-0.15, -0.1) is 0 Å².